The van der Waals surface area contributed by atoms with Gasteiger partial charge < -0.3 is 19.5 Å². The average Bonchev–Trinajstić information content (AvgIpc) is 3.13. The lowest BCUT2D eigenvalue weighted by atomic mass is 10.0. The molecule has 1 fully saturated rings. The average molecular weight is 314 g/mol. The number of aliphatic hydroxyl groups is 1. The van der Waals surface area contributed by atoms with Crippen molar-refractivity contribution < 1.29 is 9.90 Å². The zero-order chi connectivity index (χ0) is 16.4. The van der Waals surface area contributed by atoms with E-state index in [4.69, 9.17) is 0 Å². The number of anilines is 1. The molecule has 2 aromatic heterocycles. The van der Waals surface area contributed by atoms with Gasteiger partial charge in [-0.05, 0) is 30.7 Å². The predicted octanol–water partition coefficient (Wildman–Crippen LogP) is 1.13. The highest BCUT2D eigenvalue weighted by Gasteiger charge is 2.38. The van der Waals surface area contributed by atoms with E-state index in [1.807, 2.05) is 37.5 Å². The van der Waals surface area contributed by atoms with Gasteiger partial charge in [0.2, 0.25) is 0 Å². The molecule has 1 aliphatic heterocycles. The number of nitrogens with zero attached hydrogens (tertiary/aromatic N) is 4. The molecule has 1 N–H and O–H groups in total. The van der Waals surface area contributed by atoms with E-state index in [2.05, 4.69) is 9.88 Å². The molecule has 0 aliphatic carbocycles. The Morgan fingerprint density at radius 2 is 2.22 bits per heavy atom. The van der Waals surface area contributed by atoms with Crippen molar-refractivity contribution in [1.29, 1.82) is 0 Å². The van der Waals surface area contributed by atoms with Gasteiger partial charge in [-0.3, -0.25) is 4.79 Å². The molecule has 23 heavy (non-hydrogen) atoms. The maximum absolute atomic E-state index is 12.5. The van der Waals surface area contributed by atoms with Gasteiger partial charge in [-0.1, -0.05) is 6.07 Å². The van der Waals surface area contributed by atoms with Crippen molar-refractivity contribution in [1.82, 2.24) is 14.5 Å². The number of aromatic nitrogens is 2. The van der Waals surface area contributed by atoms with Crippen molar-refractivity contribution in [2.24, 2.45) is 7.05 Å². The van der Waals surface area contributed by atoms with Crippen molar-refractivity contribution in [3.63, 3.8) is 0 Å². The summed E-state index contributed by atoms with van der Waals surface area (Å²) >= 11 is 0. The fourth-order valence-electron chi connectivity index (χ4n) is 3.11. The SMILES string of the molecule is CN(CC1(O)CCN(c2ccccn2)C1)C(=O)c1cccn1C. The molecule has 3 heterocycles. The first-order chi connectivity index (χ1) is 11.0. The van der Waals surface area contributed by atoms with Crippen molar-refractivity contribution in [2.75, 3.05) is 31.6 Å². The van der Waals surface area contributed by atoms with Gasteiger partial charge in [0.25, 0.3) is 5.91 Å². The zero-order valence-corrected chi connectivity index (χ0v) is 13.5. The molecule has 122 valence electrons. The number of likely N-dealkylation sites (N-methyl/N-ethyl adjacent to an activating group) is 1. The third-order valence-corrected chi connectivity index (χ3v) is 4.35. The van der Waals surface area contributed by atoms with E-state index in [9.17, 15) is 9.90 Å². The summed E-state index contributed by atoms with van der Waals surface area (Å²) in [7, 11) is 3.57. The Labute approximate surface area is 136 Å². The quantitative estimate of drug-likeness (QED) is 0.919. The molecule has 1 aliphatic rings. The Bertz CT molecular complexity index is 685. The Morgan fingerprint density at radius 3 is 2.87 bits per heavy atom. The van der Waals surface area contributed by atoms with Gasteiger partial charge in [0, 0.05) is 39.6 Å². The summed E-state index contributed by atoms with van der Waals surface area (Å²) in [4.78, 5) is 20.5. The van der Waals surface area contributed by atoms with Gasteiger partial charge in [0.05, 0.1) is 6.54 Å². The number of amides is 1. The van der Waals surface area contributed by atoms with E-state index in [1.54, 1.807) is 28.8 Å². The first-order valence-corrected chi connectivity index (χ1v) is 7.74. The van der Waals surface area contributed by atoms with E-state index >= 15 is 0 Å². The van der Waals surface area contributed by atoms with Gasteiger partial charge in [-0.2, -0.15) is 0 Å². The molecule has 0 radical (unpaired) electrons. The van der Waals surface area contributed by atoms with Crippen LogP contribution in [-0.4, -0.2) is 57.7 Å². The van der Waals surface area contributed by atoms with Crippen LogP contribution >= 0.6 is 0 Å². The number of carbonyl (C=O) groups is 1. The molecule has 1 amide bonds. The second-order valence-electron chi connectivity index (χ2n) is 6.25. The Morgan fingerprint density at radius 1 is 1.39 bits per heavy atom. The van der Waals surface area contributed by atoms with Gasteiger partial charge in [0.15, 0.2) is 0 Å². The van der Waals surface area contributed by atoms with Crippen LogP contribution in [0.4, 0.5) is 5.82 Å². The molecular weight excluding hydrogens is 292 g/mol. The van der Waals surface area contributed by atoms with Crippen LogP contribution < -0.4 is 4.90 Å². The zero-order valence-electron chi connectivity index (χ0n) is 13.5. The molecule has 2 aromatic rings. The normalized spacial score (nSPS) is 20.7. The van der Waals surface area contributed by atoms with E-state index < -0.39 is 5.60 Å². The molecule has 1 saturated heterocycles. The minimum absolute atomic E-state index is 0.0813. The summed E-state index contributed by atoms with van der Waals surface area (Å²) < 4.78 is 1.79. The van der Waals surface area contributed by atoms with Crippen LogP contribution in [-0.2, 0) is 7.05 Å². The summed E-state index contributed by atoms with van der Waals surface area (Å²) in [6.45, 7) is 1.52. The van der Waals surface area contributed by atoms with Crippen LogP contribution in [0.15, 0.2) is 42.7 Å². The lowest BCUT2D eigenvalue weighted by molar-refractivity contribution is 0.0260. The fourth-order valence-corrected chi connectivity index (χ4v) is 3.11. The number of rotatable bonds is 4. The topological polar surface area (TPSA) is 61.6 Å². The molecule has 0 aromatic carbocycles. The lowest BCUT2D eigenvalue weighted by Crippen LogP contribution is -2.46. The third kappa shape index (κ3) is 3.22. The van der Waals surface area contributed by atoms with Crippen molar-refractivity contribution in [3.05, 3.63) is 48.4 Å². The van der Waals surface area contributed by atoms with Gasteiger partial charge in [-0.25, -0.2) is 4.98 Å². The third-order valence-electron chi connectivity index (χ3n) is 4.35. The second-order valence-corrected chi connectivity index (χ2v) is 6.25. The molecular formula is C17H22N4O2. The van der Waals surface area contributed by atoms with E-state index in [0.29, 0.717) is 25.2 Å². The minimum Gasteiger partial charge on any atom is -0.386 e. The van der Waals surface area contributed by atoms with Crippen LogP contribution in [0.1, 0.15) is 16.9 Å². The van der Waals surface area contributed by atoms with Crippen molar-refractivity contribution >= 4 is 11.7 Å². The maximum atomic E-state index is 12.5. The summed E-state index contributed by atoms with van der Waals surface area (Å²) in [5, 5.41) is 10.8. The van der Waals surface area contributed by atoms with Gasteiger partial charge in [0.1, 0.15) is 17.1 Å². The molecule has 6 nitrogen and oxygen atoms in total. The number of pyridine rings is 1. The number of aryl methyl sites for hydroxylation is 1. The molecule has 0 saturated carbocycles. The van der Waals surface area contributed by atoms with Crippen molar-refractivity contribution in [3.8, 4) is 0 Å². The Balaban J connectivity index is 1.66. The molecule has 0 bridgehead atoms. The lowest BCUT2D eigenvalue weighted by Gasteiger charge is -2.29. The molecule has 3 rings (SSSR count). The smallest absolute Gasteiger partial charge is 0.270 e. The van der Waals surface area contributed by atoms with Crippen LogP contribution in [0.3, 0.4) is 0 Å². The highest BCUT2D eigenvalue weighted by Crippen LogP contribution is 2.26. The number of β-amino-alcohol motifs (C(OH)–C–C–N with tert-alkyl or cyclic N) is 1. The monoisotopic (exact) mass is 314 g/mol. The Kier molecular flexibility index (Phi) is 4.09. The number of hydrogen-bond donors (Lipinski definition) is 1. The minimum atomic E-state index is -0.910. The molecule has 1 atom stereocenters. The maximum Gasteiger partial charge on any atom is 0.270 e. The molecule has 0 spiro atoms. The van der Waals surface area contributed by atoms with Gasteiger partial charge >= 0.3 is 0 Å². The fraction of sp³-hybridized carbons (Fsp3) is 0.412. The van der Waals surface area contributed by atoms with E-state index in [-0.39, 0.29) is 5.91 Å². The molecule has 1 unspecified atom stereocenters. The predicted molar refractivity (Wildman–Crippen MR) is 88.4 cm³/mol. The second kappa shape index (κ2) is 6.04. The van der Waals surface area contributed by atoms with Gasteiger partial charge in [-0.15, -0.1) is 0 Å². The van der Waals surface area contributed by atoms with E-state index in [1.165, 1.54) is 0 Å². The highest BCUT2D eigenvalue weighted by molar-refractivity contribution is 5.92. The van der Waals surface area contributed by atoms with E-state index in [0.717, 1.165) is 12.4 Å². The van der Waals surface area contributed by atoms with Crippen molar-refractivity contribution in [2.45, 2.75) is 12.0 Å². The first kappa shape index (κ1) is 15.6. The van der Waals surface area contributed by atoms with Crippen LogP contribution in [0.5, 0.6) is 0 Å². The summed E-state index contributed by atoms with van der Waals surface area (Å²) in [5.74, 6) is 0.780. The summed E-state index contributed by atoms with van der Waals surface area (Å²) in [5.41, 5.74) is -0.289. The number of carbonyl (C=O) groups excluding carboxylic acids is 1. The first-order valence-electron chi connectivity index (χ1n) is 7.74. The summed E-state index contributed by atoms with van der Waals surface area (Å²) in [6, 6.07) is 9.37. The molecule has 6 heteroatoms. The largest absolute Gasteiger partial charge is 0.386 e. The van der Waals surface area contributed by atoms with Crippen LogP contribution in [0.2, 0.25) is 0 Å². The standard InChI is InChI=1S/C17H22N4O2/c1-19-10-5-6-14(19)16(22)20(2)12-17(23)8-11-21(13-17)15-7-3-4-9-18-15/h3-7,9-10,23H,8,11-13H2,1-2H3. The summed E-state index contributed by atoms with van der Waals surface area (Å²) in [6.07, 6.45) is 4.21. The van der Waals surface area contributed by atoms with Crippen LogP contribution in [0.25, 0.3) is 0 Å². The highest BCUT2D eigenvalue weighted by atomic mass is 16.3. The number of hydrogen-bond acceptors (Lipinski definition) is 4. The van der Waals surface area contributed by atoms with Crippen LogP contribution in [0, 0.1) is 0 Å². The Hall–Kier alpha value is -2.34.